The Morgan fingerprint density at radius 1 is 1.60 bits per heavy atom. The third kappa shape index (κ3) is 3.06. The van der Waals surface area contributed by atoms with Crippen molar-refractivity contribution in [2.24, 2.45) is 5.41 Å². The van der Waals surface area contributed by atoms with E-state index in [-0.39, 0.29) is 11.2 Å². The van der Waals surface area contributed by atoms with Gasteiger partial charge in [0.25, 0.3) is 0 Å². The van der Waals surface area contributed by atoms with Crippen LogP contribution in [-0.4, -0.2) is 25.1 Å². The van der Waals surface area contributed by atoms with E-state index in [4.69, 9.17) is 9.47 Å². The SMILES string of the molecule is CCOC(C(=O)C1=CCCO1)C(C)(C)C. The molecule has 0 N–H and O–H groups in total. The highest BCUT2D eigenvalue weighted by molar-refractivity contribution is 5.97. The summed E-state index contributed by atoms with van der Waals surface area (Å²) >= 11 is 0. The highest BCUT2D eigenvalue weighted by Crippen LogP contribution is 2.26. The molecule has 1 aliphatic rings. The number of carbonyl (C=O) groups excluding carboxylic acids is 1. The topological polar surface area (TPSA) is 35.5 Å². The maximum absolute atomic E-state index is 12.1. The largest absolute Gasteiger partial charge is 0.490 e. The Balaban J connectivity index is 2.75. The molecular weight excluding hydrogens is 192 g/mol. The molecule has 0 amide bonds. The zero-order valence-corrected chi connectivity index (χ0v) is 10.0. The minimum absolute atomic E-state index is 0.0261. The van der Waals surface area contributed by atoms with E-state index in [1.807, 2.05) is 33.8 Å². The molecule has 0 saturated heterocycles. The molecule has 3 heteroatoms. The molecule has 1 aliphatic heterocycles. The molecule has 0 radical (unpaired) electrons. The van der Waals surface area contributed by atoms with E-state index >= 15 is 0 Å². The summed E-state index contributed by atoms with van der Waals surface area (Å²) in [4.78, 5) is 12.1. The van der Waals surface area contributed by atoms with Gasteiger partial charge in [0.15, 0.2) is 5.76 Å². The Kier molecular flexibility index (Phi) is 3.91. The van der Waals surface area contributed by atoms with Gasteiger partial charge in [-0.15, -0.1) is 0 Å². The molecule has 0 spiro atoms. The van der Waals surface area contributed by atoms with E-state index in [0.717, 1.165) is 6.42 Å². The van der Waals surface area contributed by atoms with E-state index in [1.54, 1.807) is 0 Å². The third-order valence-electron chi connectivity index (χ3n) is 2.31. The van der Waals surface area contributed by atoms with Crippen molar-refractivity contribution in [3.05, 3.63) is 11.8 Å². The average Bonchev–Trinajstić information content (AvgIpc) is 2.63. The van der Waals surface area contributed by atoms with Crippen molar-refractivity contribution < 1.29 is 14.3 Å². The molecule has 1 atom stereocenters. The number of carbonyl (C=O) groups is 1. The minimum atomic E-state index is -0.410. The van der Waals surface area contributed by atoms with E-state index in [0.29, 0.717) is 19.0 Å². The Morgan fingerprint density at radius 2 is 2.27 bits per heavy atom. The lowest BCUT2D eigenvalue weighted by molar-refractivity contribution is -0.136. The number of Topliss-reactive ketones (excluding diaryl/α,β-unsaturated/α-hetero) is 1. The first-order valence-corrected chi connectivity index (χ1v) is 5.45. The van der Waals surface area contributed by atoms with Crippen molar-refractivity contribution in [1.29, 1.82) is 0 Å². The highest BCUT2D eigenvalue weighted by Gasteiger charge is 2.35. The standard InChI is InChI=1S/C12H20O3/c1-5-14-11(12(2,3)4)10(13)9-7-6-8-15-9/h7,11H,5-6,8H2,1-4H3. The third-order valence-corrected chi connectivity index (χ3v) is 2.31. The number of hydrogen-bond donors (Lipinski definition) is 0. The van der Waals surface area contributed by atoms with Gasteiger partial charge < -0.3 is 9.47 Å². The summed E-state index contributed by atoms with van der Waals surface area (Å²) in [5, 5.41) is 0. The predicted octanol–water partition coefficient (Wildman–Crippen LogP) is 2.31. The summed E-state index contributed by atoms with van der Waals surface area (Å²) in [6.07, 6.45) is 2.26. The van der Waals surface area contributed by atoms with Gasteiger partial charge in [-0.05, 0) is 18.4 Å². The van der Waals surface area contributed by atoms with Crippen LogP contribution in [0.25, 0.3) is 0 Å². The van der Waals surface area contributed by atoms with E-state index in [1.165, 1.54) is 0 Å². The second-order valence-electron chi connectivity index (χ2n) is 4.77. The minimum Gasteiger partial charge on any atom is -0.490 e. The van der Waals surface area contributed by atoms with Gasteiger partial charge in [-0.3, -0.25) is 4.79 Å². The molecule has 1 heterocycles. The molecule has 0 aromatic heterocycles. The quantitative estimate of drug-likeness (QED) is 0.717. The Labute approximate surface area is 91.4 Å². The molecule has 0 aliphatic carbocycles. The average molecular weight is 212 g/mol. The van der Waals surface area contributed by atoms with Crippen LogP contribution in [0.15, 0.2) is 11.8 Å². The monoisotopic (exact) mass is 212 g/mol. The maximum Gasteiger partial charge on any atom is 0.226 e. The van der Waals surface area contributed by atoms with Gasteiger partial charge in [0.1, 0.15) is 6.10 Å². The van der Waals surface area contributed by atoms with Gasteiger partial charge in [0.05, 0.1) is 6.61 Å². The van der Waals surface area contributed by atoms with E-state index in [9.17, 15) is 4.79 Å². The predicted molar refractivity (Wildman–Crippen MR) is 58.5 cm³/mol. The van der Waals surface area contributed by atoms with Gasteiger partial charge in [0.2, 0.25) is 5.78 Å². The number of ether oxygens (including phenoxy) is 2. The van der Waals surface area contributed by atoms with Crippen molar-refractivity contribution in [1.82, 2.24) is 0 Å². The van der Waals surface area contributed by atoms with Gasteiger partial charge in [-0.25, -0.2) is 0 Å². The van der Waals surface area contributed by atoms with Crippen molar-refractivity contribution in [3.8, 4) is 0 Å². The second-order valence-corrected chi connectivity index (χ2v) is 4.77. The Hall–Kier alpha value is -0.830. The lowest BCUT2D eigenvalue weighted by atomic mass is 9.86. The van der Waals surface area contributed by atoms with Crippen LogP contribution in [0, 0.1) is 5.41 Å². The fraction of sp³-hybridized carbons (Fsp3) is 0.750. The van der Waals surface area contributed by atoms with Crippen LogP contribution in [0.4, 0.5) is 0 Å². The first-order chi connectivity index (χ1) is 6.96. The smallest absolute Gasteiger partial charge is 0.226 e. The molecule has 0 fully saturated rings. The lowest BCUT2D eigenvalue weighted by Gasteiger charge is -2.29. The lowest BCUT2D eigenvalue weighted by Crippen LogP contribution is -2.38. The van der Waals surface area contributed by atoms with Crippen LogP contribution in [-0.2, 0) is 14.3 Å². The summed E-state index contributed by atoms with van der Waals surface area (Å²) in [7, 11) is 0. The highest BCUT2D eigenvalue weighted by atomic mass is 16.5. The normalized spacial score (nSPS) is 18.3. The van der Waals surface area contributed by atoms with Crippen molar-refractivity contribution in [2.75, 3.05) is 13.2 Å². The summed E-state index contributed by atoms with van der Waals surface area (Å²) in [6, 6.07) is 0. The fourth-order valence-electron chi connectivity index (χ4n) is 1.60. The van der Waals surface area contributed by atoms with Crippen molar-refractivity contribution in [2.45, 2.75) is 40.2 Å². The first kappa shape index (κ1) is 12.2. The zero-order valence-electron chi connectivity index (χ0n) is 10.0. The number of hydrogen-bond acceptors (Lipinski definition) is 3. The Bertz CT molecular complexity index is 261. The van der Waals surface area contributed by atoms with Gasteiger partial charge in [-0.1, -0.05) is 20.8 Å². The van der Waals surface area contributed by atoms with Crippen LogP contribution in [0.5, 0.6) is 0 Å². The molecule has 0 aromatic carbocycles. The van der Waals surface area contributed by atoms with E-state index < -0.39 is 6.10 Å². The Morgan fingerprint density at radius 3 is 2.67 bits per heavy atom. The van der Waals surface area contributed by atoms with Crippen molar-refractivity contribution >= 4 is 5.78 Å². The van der Waals surface area contributed by atoms with Crippen LogP contribution < -0.4 is 0 Å². The number of rotatable bonds is 4. The van der Waals surface area contributed by atoms with Crippen molar-refractivity contribution in [3.63, 3.8) is 0 Å². The summed E-state index contributed by atoms with van der Waals surface area (Å²) in [6.45, 7) is 9.06. The van der Waals surface area contributed by atoms with Gasteiger partial charge >= 0.3 is 0 Å². The van der Waals surface area contributed by atoms with Gasteiger partial charge in [-0.2, -0.15) is 0 Å². The molecule has 0 bridgehead atoms. The molecule has 1 unspecified atom stereocenters. The second kappa shape index (κ2) is 4.79. The van der Waals surface area contributed by atoms with Crippen LogP contribution in [0.1, 0.15) is 34.1 Å². The summed E-state index contributed by atoms with van der Waals surface area (Å²) < 4.78 is 10.8. The fourth-order valence-corrected chi connectivity index (χ4v) is 1.60. The molecule has 15 heavy (non-hydrogen) atoms. The van der Waals surface area contributed by atoms with E-state index in [2.05, 4.69) is 0 Å². The summed E-state index contributed by atoms with van der Waals surface area (Å²) in [5.41, 5.74) is -0.195. The maximum atomic E-state index is 12.1. The summed E-state index contributed by atoms with van der Waals surface area (Å²) in [5.74, 6) is 0.449. The molecule has 0 aromatic rings. The van der Waals surface area contributed by atoms with Gasteiger partial charge in [0, 0.05) is 13.0 Å². The zero-order chi connectivity index (χ0) is 11.5. The van der Waals surface area contributed by atoms with Crippen LogP contribution >= 0.6 is 0 Å². The van der Waals surface area contributed by atoms with Crippen LogP contribution in [0.3, 0.4) is 0 Å². The molecular formula is C12H20O3. The molecule has 3 nitrogen and oxygen atoms in total. The van der Waals surface area contributed by atoms with Crippen LogP contribution in [0.2, 0.25) is 0 Å². The number of ketones is 1. The molecule has 0 saturated carbocycles. The molecule has 1 rings (SSSR count). The first-order valence-electron chi connectivity index (χ1n) is 5.45. The molecule has 86 valence electrons.